The largest absolute Gasteiger partial charge is 0.485 e. The summed E-state index contributed by atoms with van der Waals surface area (Å²) in [6.45, 7) is 7.70. The highest BCUT2D eigenvalue weighted by Gasteiger charge is 2.43. The molecule has 0 radical (unpaired) electrons. The second kappa shape index (κ2) is 6.03. The molecule has 0 saturated carbocycles. The minimum absolute atomic E-state index is 0. The number of fused-ring (bicyclic) bond motifs is 1. The lowest BCUT2D eigenvalue weighted by molar-refractivity contribution is -0.0658. The number of hydrogen-bond donors (Lipinski definition) is 3. The third-order valence-electron chi connectivity index (χ3n) is 3.54. The molecule has 1 aliphatic rings. The van der Waals surface area contributed by atoms with Crippen molar-refractivity contribution in [2.24, 2.45) is 5.73 Å². The van der Waals surface area contributed by atoms with Gasteiger partial charge < -0.3 is 20.9 Å². The summed E-state index contributed by atoms with van der Waals surface area (Å²) in [5, 5.41) is 13.8. The van der Waals surface area contributed by atoms with Crippen LogP contribution in [0.4, 0.5) is 0 Å². The zero-order chi connectivity index (χ0) is 15.1. The number of carbonyl (C=O) groups is 1. The molecule has 1 aliphatic heterocycles. The zero-order valence-electron chi connectivity index (χ0n) is 12.3. The number of hydrogen-bond acceptors (Lipinski definition) is 4. The molecule has 0 spiro atoms. The van der Waals surface area contributed by atoms with Crippen LogP contribution in [0.15, 0.2) is 18.2 Å². The average molecular weight is 294 g/mol. The normalized spacial score (nSPS) is 23.0. The Morgan fingerprint density at radius 3 is 2.57 bits per heavy atom. The molecular formula is C16H26N2O3. The van der Waals surface area contributed by atoms with Crippen LogP contribution in [0.2, 0.25) is 0 Å². The van der Waals surface area contributed by atoms with Gasteiger partial charge in [-0.25, -0.2) is 0 Å². The fourth-order valence-corrected chi connectivity index (χ4v) is 2.49. The molecule has 0 aromatic heterocycles. The highest BCUT2D eigenvalue weighted by atomic mass is 16.5. The van der Waals surface area contributed by atoms with Gasteiger partial charge in [-0.15, -0.1) is 0 Å². The molecule has 5 nitrogen and oxygen atoms in total. The summed E-state index contributed by atoms with van der Waals surface area (Å²) in [5.41, 5.74) is 5.80. The van der Waals surface area contributed by atoms with Gasteiger partial charge in [0.2, 0.25) is 5.91 Å². The first-order valence-corrected chi connectivity index (χ1v) is 6.79. The average Bonchev–Trinajstić information content (AvgIpc) is 2.33. The van der Waals surface area contributed by atoms with E-state index in [4.69, 9.17) is 10.5 Å². The van der Waals surface area contributed by atoms with Gasteiger partial charge in [-0.05, 0) is 32.0 Å². The van der Waals surface area contributed by atoms with Gasteiger partial charge in [-0.2, -0.15) is 0 Å². The SMILES string of the molecule is C.CC(C)N[C@@H]1c2cc(C(N)=O)ccc2OC(C)(C)[C@H]1O. The molecule has 4 N–H and O–H groups in total. The zero-order valence-corrected chi connectivity index (χ0v) is 12.3. The van der Waals surface area contributed by atoms with Crippen molar-refractivity contribution in [1.82, 2.24) is 5.32 Å². The van der Waals surface area contributed by atoms with E-state index in [9.17, 15) is 9.90 Å². The number of aliphatic hydroxyl groups is 1. The van der Waals surface area contributed by atoms with Crippen molar-refractivity contribution in [2.75, 3.05) is 0 Å². The van der Waals surface area contributed by atoms with Gasteiger partial charge >= 0.3 is 0 Å². The van der Waals surface area contributed by atoms with Crippen LogP contribution >= 0.6 is 0 Å². The number of rotatable bonds is 3. The van der Waals surface area contributed by atoms with Gasteiger partial charge in [0.15, 0.2) is 0 Å². The molecule has 0 bridgehead atoms. The quantitative estimate of drug-likeness (QED) is 0.796. The lowest BCUT2D eigenvalue weighted by Crippen LogP contribution is -2.53. The number of carbonyl (C=O) groups excluding carboxylic acids is 1. The molecule has 1 heterocycles. The van der Waals surface area contributed by atoms with Crippen molar-refractivity contribution < 1.29 is 14.6 Å². The van der Waals surface area contributed by atoms with Crippen molar-refractivity contribution >= 4 is 5.91 Å². The van der Waals surface area contributed by atoms with Crippen LogP contribution < -0.4 is 15.8 Å². The van der Waals surface area contributed by atoms with E-state index < -0.39 is 17.6 Å². The highest BCUT2D eigenvalue weighted by Crippen LogP contribution is 2.40. The van der Waals surface area contributed by atoms with E-state index in [0.717, 1.165) is 5.56 Å². The van der Waals surface area contributed by atoms with Crippen LogP contribution in [0.1, 0.15) is 57.1 Å². The number of primary amides is 1. The number of amides is 1. The maximum atomic E-state index is 11.3. The first-order chi connectivity index (χ1) is 9.22. The minimum Gasteiger partial charge on any atom is -0.485 e. The standard InChI is InChI=1S/C15H22N2O3.CH4/c1-8(2)17-12-10-7-9(14(16)19)5-6-11(10)20-15(3,4)13(12)18;/h5-8,12-13,17-18H,1-4H3,(H2,16,19);1H4/t12-,13+;/m1./s1. The van der Waals surface area contributed by atoms with Crippen molar-refractivity contribution in [3.8, 4) is 5.75 Å². The molecule has 5 heteroatoms. The van der Waals surface area contributed by atoms with Crippen LogP contribution in [0, 0.1) is 0 Å². The summed E-state index contributed by atoms with van der Waals surface area (Å²) < 4.78 is 5.84. The minimum atomic E-state index is -0.722. The Kier molecular flexibility index (Phi) is 5.02. The van der Waals surface area contributed by atoms with Crippen LogP contribution in [0.5, 0.6) is 5.75 Å². The van der Waals surface area contributed by atoms with E-state index in [1.165, 1.54) is 0 Å². The van der Waals surface area contributed by atoms with Crippen LogP contribution in [-0.2, 0) is 0 Å². The number of ether oxygens (including phenoxy) is 1. The molecule has 2 atom stereocenters. The molecule has 118 valence electrons. The summed E-state index contributed by atoms with van der Waals surface area (Å²) in [6, 6.07) is 4.96. The van der Waals surface area contributed by atoms with Gasteiger partial charge in [0, 0.05) is 17.2 Å². The van der Waals surface area contributed by atoms with E-state index in [1.807, 2.05) is 27.7 Å². The van der Waals surface area contributed by atoms with Crippen molar-refractivity contribution in [2.45, 2.75) is 58.9 Å². The van der Waals surface area contributed by atoms with E-state index in [-0.39, 0.29) is 19.5 Å². The molecule has 21 heavy (non-hydrogen) atoms. The Morgan fingerprint density at radius 1 is 1.43 bits per heavy atom. The monoisotopic (exact) mass is 294 g/mol. The fourth-order valence-electron chi connectivity index (χ4n) is 2.49. The highest BCUT2D eigenvalue weighted by molar-refractivity contribution is 5.93. The van der Waals surface area contributed by atoms with Crippen LogP contribution in [0.3, 0.4) is 0 Å². The predicted molar refractivity (Wildman–Crippen MR) is 83.4 cm³/mol. The molecule has 0 fully saturated rings. The first-order valence-electron chi connectivity index (χ1n) is 6.79. The van der Waals surface area contributed by atoms with Crippen LogP contribution in [-0.4, -0.2) is 28.8 Å². The van der Waals surface area contributed by atoms with Gasteiger partial charge in [0.25, 0.3) is 0 Å². The van der Waals surface area contributed by atoms with Crippen molar-refractivity contribution in [3.05, 3.63) is 29.3 Å². The maximum Gasteiger partial charge on any atom is 0.248 e. The van der Waals surface area contributed by atoms with Gasteiger partial charge in [-0.3, -0.25) is 4.79 Å². The van der Waals surface area contributed by atoms with E-state index in [1.54, 1.807) is 18.2 Å². The van der Waals surface area contributed by atoms with Gasteiger partial charge in [0.05, 0.1) is 6.04 Å². The number of nitrogens with two attached hydrogens (primary N) is 1. The molecule has 1 aromatic rings. The van der Waals surface area contributed by atoms with Gasteiger partial charge in [-0.1, -0.05) is 21.3 Å². The molecule has 1 aromatic carbocycles. The smallest absolute Gasteiger partial charge is 0.248 e. The Bertz CT molecular complexity index is 526. The Labute approximate surface area is 126 Å². The summed E-state index contributed by atoms with van der Waals surface area (Å²) in [7, 11) is 0. The second-order valence-electron chi connectivity index (χ2n) is 6.07. The summed E-state index contributed by atoms with van der Waals surface area (Å²) in [5.74, 6) is 0.180. The fraction of sp³-hybridized carbons (Fsp3) is 0.562. The Hall–Kier alpha value is -1.59. The number of benzene rings is 1. The lowest BCUT2D eigenvalue weighted by atomic mass is 9.85. The third-order valence-corrected chi connectivity index (χ3v) is 3.54. The van der Waals surface area contributed by atoms with Crippen LogP contribution in [0.25, 0.3) is 0 Å². The topological polar surface area (TPSA) is 84.6 Å². The summed E-state index contributed by atoms with van der Waals surface area (Å²) in [4.78, 5) is 11.3. The van der Waals surface area contributed by atoms with Crippen molar-refractivity contribution in [3.63, 3.8) is 0 Å². The Morgan fingerprint density at radius 2 is 2.05 bits per heavy atom. The lowest BCUT2D eigenvalue weighted by Gasteiger charge is -2.43. The predicted octanol–water partition coefficient (Wildman–Crippen LogP) is 1.99. The third kappa shape index (κ3) is 3.36. The van der Waals surface area contributed by atoms with Crippen molar-refractivity contribution in [1.29, 1.82) is 0 Å². The molecule has 0 unspecified atom stereocenters. The molecule has 0 saturated heterocycles. The molecular weight excluding hydrogens is 268 g/mol. The van der Waals surface area contributed by atoms with E-state index >= 15 is 0 Å². The Balaban J connectivity index is 0.00000220. The number of aliphatic hydroxyl groups excluding tert-OH is 1. The molecule has 1 amide bonds. The van der Waals surface area contributed by atoms with E-state index in [0.29, 0.717) is 11.3 Å². The summed E-state index contributed by atoms with van der Waals surface area (Å²) in [6.07, 6.45) is -0.722. The van der Waals surface area contributed by atoms with Gasteiger partial charge in [0.1, 0.15) is 17.5 Å². The molecule has 0 aliphatic carbocycles. The molecule has 2 rings (SSSR count). The maximum absolute atomic E-state index is 11.3. The summed E-state index contributed by atoms with van der Waals surface area (Å²) >= 11 is 0. The second-order valence-corrected chi connectivity index (χ2v) is 6.07. The first kappa shape index (κ1) is 17.5. The number of nitrogens with one attached hydrogen (secondary N) is 1. The van der Waals surface area contributed by atoms with E-state index in [2.05, 4.69) is 5.32 Å².